The molecule has 0 aliphatic heterocycles. The Morgan fingerprint density at radius 2 is 1.89 bits per heavy atom. The summed E-state index contributed by atoms with van der Waals surface area (Å²) >= 11 is 0. The van der Waals surface area contributed by atoms with Gasteiger partial charge in [0.2, 0.25) is 0 Å². The summed E-state index contributed by atoms with van der Waals surface area (Å²) in [4.78, 5) is 21.7. The van der Waals surface area contributed by atoms with Crippen molar-refractivity contribution in [1.29, 1.82) is 0 Å². The van der Waals surface area contributed by atoms with Gasteiger partial charge in [-0.1, -0.05) is 13.8 Å². The lowest BCUT2D eigenvalue weighted by atomic mass is 10.2. The predicted molar refractivity (Wildman–Crippen MR) is 70.0 cm³/mol. The quantitative estimate of drug-likeness (QED) is 0.784. The van der Waals surface area contributed by atoms with Gasteiger partial charge in [-0.2, -0.15) is 0 Å². The molecule has 0 bridgehead atoms. The third-order valence-electron chi connectivity index (χ3n) is 2.04. The van der Waals surface area contributed by atoms with E-state index in [0.717, 1.165) is 5.39 Å². The maximum atomic E-state index is 11.0. The second kappa shape index (κ2) is 6.59. The summed E-state index contributed by atoms with van der Waals surface area (Å²) in [6, 6.07) is 8.13. The lowest BCUT2D eigenvalue weighted by molar-refractivity contribution is -0.118. The van der Waals surface area contributed by atoms with Crippen LogP contribution in [0.25, 0.3) is 11.0 Å². The molecule has 0 saturated heterocycles. The van der Waals surface area contributed by atoms with Gasteiger partial charge in [-0.3, -0.25) is 4.79 Å². The Labute approximate surface area is 105 Å². The van der Waals surface area contributed by atoms with Crippen molar-refractivity contribution in [1.82, 2.24) is 0 Å². The van der Waals surface area contributed by atoms with Crippen LogP contribution >= 0.6 is 0 Å². The van der Waals surface area contributed by atoms with Gasteiger partial charge < -0.3 is 9.15 Å². The van der Waals surface area contributed by atoms with Crippen molar-refractivity contribution < 1.29 is 13.9 Å². The minimum atomic E-state index is -0.406. The Morgan fingerprint density at radius 3 is 2.56 bits per heavy atom. The molecule has 0 fully saturated rings. The van der Waals surface area contributed by atoms with Crippen LogP contribution in [0.2, 0.25) is 0 Å². The Bertz CT molecular complexity index is 584. The summed E-state index contributed by atoms with van der Waals surface area (Å²) < 4.78 is 10.2. The van der Waals surface area contributed by atoms with E-state index < -0.39 is 5.63 Å². The number of hydrogen-bond acceptors (Lipinski definition) is 4. The van der Waals surface area contributed by atoms with Gasteiger partial charge in [-0.15, -0.1) is 0 Å². The van der Waals surface area contributed by atoms with Crippen molar-refractivity contribution in [3.63, 3.8) is 0 Å². The molecule has 0 aliphatic rings. The summed E-state index contributed by atoms with van der Waals surface area (Å²) in [5, 5.41) is 0.815. The van der Waals surface area contributed by atoms with Crippen LogP contribution in [0.5, 0.6) is 5.75 Å². The van der Waals surface area contributed by atoms with E-state index >= 15 is 0 Å². The summed E-state index contributed by atoms with van der Waals surface area (Å²) in [5.41, 5.74) is 0.0461. The highest BCUT2D eigenvalue weighted by atomic mass is 16.5. The molecule has 0 unspecified atom stereocenters. The number of carbonyl (C=O) groups excluding carboxylic acids is 1. The zero-order valence-corrected chi connectivity index (χ0v) is 10.7. The van der Waals surface area contributed by atoms with Crippen LogP contribution in [0.4, 0.5) is 0 Å². The molecule has 96 valence electrons. The molecule has 0 N–H and O–H groups in total. The monoisotopic (exact) mass is 248 g/mol. The number of carbonyl (C=O) groups is 1. The van der Waals surface area contributed by atoms with E-state index in [1.807, 2.05) is 13.8 Å². The van der Waals surface area contributed by atoms with Crippen LogP contribution in [0, 0.1) is 0 Å². The van der Waals surface area contributed by atoms with Crippen LogP contribution in [0.15, 0.2) is 39.5 Å². The van der Waals surface area contributed by atoms with E-state index in [2.05, 4.69) is 0 Å². The summed E-state index contributed by atoms with van der Waals surface area (Å²) in [5.74, 6) is 0.451. The van der Waals surface area contributed by atoms with Gasteiger partial charge in [0.15, 0.2) is 5.78 Å². The lowest BCUT2D eigenvalue weighted by Gasteiger charge is -2.03. The topological polar surface area (TPSA) is 56.5 Å². The first-order valence-corrected chi connectivity index (χ1v) is 5.81. The predicted octanol–water partition coefficient (Wildman–Crippen LogP) is 2.79. The standard InChI is InChI=1S/C12H10O4.C2H6/c1-8(13)7-15-10-4-2-9-3-5-12(14)16-11(9)6-10;1-2/h2-6H,7H2,1H3;1-2H3. The Hall–Kier alpha value is -2.10. The number of Topliss-reactive ketones (excluding diaryl/α,β-unsaturated/α-hetero) is 1. The summed E-state index contributed by atoms with van der Waals surface area (Å²) in [6.45, 7) is 5.46. The first-order chi connectivity index (χ1) is 8.65. The van der Waals surface area contributed by atoms with Crippen molar-refractivity contribution in [3.05, 3.63) is 40.8 Å². The molecule has 4 heteroatoms. The second-order valence-corrected chi connectivity index (χ2v) is 3.44. The van der Waals surface area contributed by atoms with Gasteiger partial charge in [-0.25, -0.2) is 4.79 Å². The van der Waals surface area contributed by atoms with Gasteiger partial charge in [0.1, 0.15) is 17.9 Å². The van der Waals surface area contributed by atoms with E-state index in [4.69, 9.17) is 9.15 Å². The van der Waals surface area contributed by atoms with Crippen molar-refractivity contribution in [2.24, 2.45) is 0 Å². The molecule has 0 saturated carbocycles. The smallest absolute Gasteiger partial charge is 0.336 e. The van der Waals surface area contributed by atoms with Gasteiger partial charge in [0.25, 0.3) is 0 Å². The normalized spacial score (nSPS) is 9.50. The summed E-state index contributed by atoms with van der Waals surface area (Å²) in [6.07, 6.45) is 0. The first-order valence-electron chi connectivity index (χ1n) is 5.81. The largest absolute Gasteiger partial charge is 0.486 e. The van der Waals surface area contributed by atoms with E-state index in [0.29, 0.717) is 11.3 Å². The molecule has 2 rings (SSSR count). The molecule has 1 heterocycles. The Morgan fingerprint density at radius 1 is 1.22 bits per heavy atom. The van der Waals surface area contributed by atoms with E-state index in [1.165, 1.54) is 13.0 Å². The molecule has 1 aromatic carbocycles. The van der Waals surface area contributed by atoms with Crippen LogP contribution < -0.4 is 10.4 Å². The average molecular weight is 248 g/mol. The minimum Gasteiger partial charge on any atom is -0.486 e. The number of ketones is 1. The van der Waals surface area contributed by atoms with Crippen molar-refractivity contribution >= 4 is 16.8 Å². The first kappa shape index (κ1) is 14.0. The second-order valence-electron chi connectivity index (χ2n) is 3.44. The zero-order valence-electron chi connectivity index (χ0n) is 10.7. The molecule has 0 amide bonds. The number of ether oxygens (including phenoxy) is 1. The SMILES string of the molecule is CC.CC(=O)COc1ccc2ccc(=O)oc2c1. The van der Waals surface area contributed by atoms with Gasteiger partial charge >= 0.3 is 5.63 Å². The molecular formula is C14H16O4. The van der Waals surface area contributed by atoms with E-state index in [9.17, 15) is 9.59 Å². The van der Waals surface area contributed by atoms with E-state index in [-0.39, 0.29) is 12.4 Å². The molecule has 2 aromatic rings. The molecule has 0 atom stereocenters. The van der Waals surface area contributed by atoms with Crippen molar-refractivity contribution in [2.45, 2.75) is 20.8 Å². The zero-order chi connectivity index (χ0) is 13.5. The third-order valence-corrected chi connectivity index (χ3v) is 2.04. The van der Waals surface area contributed by atoms with Gasteiger partial charge in [-0.05, 0) is 25.1 Å². The van der Waals surface area contributed by atoms with Crippen LogP contribution in [0.3, 0.4) is 0 Å². The van der Waals surface area contributed by atoms with E-state index in [1.54, 1.807) is 24.3 Å². The minimum absolute atomic E-state index is 0.0164. The van der Waals surface area contributed by atoms with Crippen molar-refractivity contribution in [3.8, 4) is 5.75 Å². The molecule has 18 heavy (non-hydrogen) atoms. The Kier molecular flexibility index (Phi) is 5.11. The molecule has 0 aliphatic carbocycles. The number of benzene rings is 1. The fraction of sp³-hybridized carbons (Fsp3) is 0.286. The van der Waals surface area contributed by atoms with Crippen molar-refractivity contribution in [2.75, 3.05) is 6.61 Å². The highest BCUT2D eigenvalue weighted by molar-refractivity contribution is 5.79. The third kappa shape index (κ3) is 3.73. The van der Waals surface area contributed by atoms with Gasteiger partial charge in [0, 0.05) is 17.5 Å². The highest BCUT2D eigenvalue weighted by Gasteiger charge is 2.01. The van der Waals surface area contributed by atoms with Gasteiger partial charge in [0.05, 0.1) is 0 Å². The Balaban J connectivity index is 0.000000771. The number of hydrogen-bond donors (Lipinski definition) is 0. The molecule has 1 aromatic heterocycles. The molecule has 0 radical (unpaired) electrons. The maximum absolute atomic E-state index is 11.0. The van der Waals surface area contributed by atoms with Crippen LogP contribution in [-0.4, -0.2) is 12.4 Å². The fourth-order valence-corrected chi connectivity index (χ4v) is 1.32. The van der Waals surface area contributed by atoms with Crippen LogP contribution in [0.1, 0.15) is 20.8 Å². The fourth-order valence-electron chi connectivity index (χ4n) is 1.32. The lowest BCUT2D eigenvalue weighted by Crippen LogP contribution is -2.06. The number of fused-ring (bicyclic) bond motifs is 1. The molecular weight excluding hydrogens is 232 g/mol. The van der Waals surface area contributed by atoms with Crippen LogP contribution in [-0.2, 0) is 4.79 Å². The molecule has 0 spiro atoms. The maximum Gasteiger partial charge on any atom is 0.336 e. The summed E-state index contributed by atoms with van der Waals surface area (Å²) in [7, 11) is 0. The molecule has 4 nitrogen and oxygen atoms in total. The highest BCUT2D eigenvalue weighted by Crippen LogP contribution is 2.19. The number of rotatable bonds is 3. The average Bonchev–Trinajstić information content (AvgIpc) is 2.38.